The maximum Gasteiger partial charge on any atom is 0.317 e. The van der Waals surface area contributed by atoms with Gasteiger partial charge < -0.3 is 15.3 Å². The van der Waals surface area contributed by atoms with Crippen molar-refractivity contribution >= 4 is 12.0 Å². The van der Waals surface area contributed by atoms with Crippen molar-refractivity contribution in [1.82, 2.24) is 10.2 Å². The average molecular weight is 280 g/mol. The first-order valence-electron chi connectivity index (χ1n) is 6.49. The first kappa shape index (κ1) is 14.3. The van der Waals surface area contributed by atoms with Gasteiger partial charge in [-0.15, -0.1) is 0 Å². The molecule has 0 radical (unpaired) electrons. The second kappa shape index (κ2) is 5.90. The maximum atomic E-state index is 13.1. The number of aryl methyl sites for hydroxylation is 1. The van der Waals surface area contributed by atoms with Gasteiger partial charge in [-0.1, -0.05) is 6.07 Å². The summed E-state index contributed by atoms with van der Waals surface area (Å²) in [4.78, 5) is 23.8. The lowest BCUT2D eigenvalue weighted by Crippen LogP contribution is -2.39. The molecule has 0 aromatic heterocycles. The van der Waals surface area contributed by atoms with Gasteiger partial charge in [0.05, 0.1) is 12.5 Å². The van der Waals surface area contributed by atoms with E-state index in [1.165, 1.54) is 17.0 Å². The summed E-state index contributed by atoms with van der Waals surface area (Å²) in [5, 5.41) is 11.4. The quantitative estimate of drug-likeness (QED) is 0.885. The molecule has 108 valence electrons. The molecule has 0 bridgehead atoms. The Morgan fingerprint density at radius 3 is 2.95 bits per heavy atom. The number of rotatable bonds is 4. The molecule has 0 fully saturated rings. The largest absolute Gasteiger partial charge is 0.481 e. The summed E-state index contributed by atoms with van der Waals surface area (Å²) in [7, 11) is 1.55. The number of carbonyl (C=O) groups is 2. The minimum Gasteiger partial charge on any atom is -0.481 e. The van der Waals surface area contributed by atoms with E-state index in [0.717, 1.165) is 24.0 Å². The van der Waals surface area contributed by atoms with Crippen molar-refractivity contribution in [3.63, 3.8) is 0 Å². The molecular weight excluding hydrogens is 263 g/mol. The fourth-order valence-electron chi connectivity index (χ4n) is 2.36. The molecule has 1 atom stereocenters. The van der Waals surface area contributed by atoms with Crippen LogP contribution >= 0.6 is 0 Å². The van der Waals surface area contributed by atoms with Crippen LogP contribution in [0.4, 0.5) is 9.18 Å². The van der Waals surface area contributed by atoms with Gasteiger partial charge in [-0.25, -0.2) is 9.18 Å². The van der Waals surface area contributed by atoms with E-state index in [1.54, 1.807) is 13.1 Å². The number of nitrogens with zero attached hydrogens (tertiary/aromatic N) is 1. The molecule has 20 heavy (non-hydrogen) atoms. The van der Waals surface area contributed by atoms with Gasteiger partial charge in [-0.2, -0.15) is 0 Å². The van der Waals surface area contributed by atoms with Crippen molar-refractivity contribution < 1.29 is 19.1 Å². The van der Waals surface area contributed by atoms with Crippen LogP contribution in [0.25, 0.3) is 0 Å². The van der Waals surface area contributed by atoms with Crippen molar-refractivity contribution in [2.24, 2.45) is 0 Å². The number of aliphatic carboxylic acids is 1. The van der Waals surface area contributed by atoms with Crippen molar-refractivity contribution in [1.29, 1.82) is 0 Å². The number of carboxylic acid groups (broad SMARTS) is 1. The molecule has 5 nitrogen and oxygen atoms in total. The fraction of sp³-hybridized carbons (Fsp3) is 0.429. The molecule has 1 aromatic carbocycles. The standard InChI is InChI=1S/C14H17FN2O3/c1-17(7-6-13(18)19)14(20)16-12-5-2-9-8-10(15)3-4-11(9)12/h3-4,8,12H,2,5-7H2,1H3,(H,16,20)(H,18,19). The van der Waals surface area contributed by atoms with Crippen LogP contribution in [0.5, 0.6) is 0 Å². The lowest BCUT2D eigenvalue weighted by molar-refractivity contribution is -0.137. The van der Waals surface area contributed by atoms with Crippen LogP contribution in [0.2, 0.25) is 0 Å². The van der Waals surface area contributed by atoms with E-state index >= 15 is 0 Å². The van der Waals surface area contributed by atoms with Gasteiger partial charge in [0, 0.05) is 13.6 Å². The highest BCUT2D eigenvalue weighted by molar-refractivity contribution is 5.75. The van der Waals surface area contributed by atoms with Crippen molar-refractivity contribution in [3.05, 3.63) is 35.1 Å². The number of fused-ring (bicyclic) bond motifs is 1. The molecule has 1 unspecified atom stereocenters. The predicted molar refractivity (Wildman–Crippen MR) is 70.9 cm³/mol. The Kier molecular flexibility index (Phi) is 4.22. The Bertz CT molecular complexity index is 533. The molecular formula is C14H17FN2O3. The molecule has 1 aliphatic rings. The summed E-state index contributed by atoms with van der Waals surface area (Å²) in [6, 6.07) is 4.13. The number of urea groups is 1. The van der Waals surface area contributed by atoms with Gasteiger partial charge in [0.15, 0.2) is 0 Å². The summed E-state index contributed by atoms with van der Waals surface area (Å²) in [6.45, 7) is 0.157. The van der Waals surface area contributed by atoms with Gasteiger partial charge in [0.1, 0.15) is 5.82 Å². The number of amides is 2. The van der Waals surface area contributed by atoms with E-state index in [1.807, 2.05) is 0 Å². The maximum absolute atomic E-state index is 13.1. The molecule has 6 heteroatoms. The first-order valence-corrected chi connectivity index (χ1v) is 6.49. The van der Waals surface area contributed by atoms with Gasteiger partial charge in [0.2, 0.25) is 0 Å². The molecule has 0 spiro atoms. The Hall–Kier alpha value is -2.11. The van der Waals surface area contributed by atoms with E-state index in [0.29, 0.717) is 0 Å². The molecule has 0 aliphatic heterocycles. The monoisotopic (exact) mass is 280 g/mol. The molecule has 1 aromatic rings. The highest BCUT2D eigenvalue weighted by Gasteiger charge is 2.25. The van der Waals surface area contributed by atoms with E-state index in [9.17, 15) is 14.0 Å². The summed E-state index contributed by atoms with van der Waals surface area (Å²) < 4.78 is 13.1. The summed E-state index contributed by atoms with van der Waals surface area (Å²) in [5.74, 6) is -1.21. The first-order chi connectivity index (χ1) is 9.47. The average Bonchev–Trinajstić information content (AvgIpc) is 2.78. The normalized spacial score (nSPS) is 16.6. The molecule has 2 N–H and O–H groups in total. The topological polar surface area (TPSA) is 69.6 Å². The number of halogens is 1. The van der Waals surface area contributed by atoms with Gasteiger partial charge >= 0.3 is 12.0 Å². The molecule has 2 rings (SSSR count). The molecule has 0 saturated heterocycles. The van der Waals surface area contributed by atoms with E-state index in [4.69, 9.17) is 5.11 Å². The highest BCUT2D eigenvalue weighted by atomic mass is 19.1. The van der Waals surface area contributed by atoms with E-state index < -0.39 is 5.97 Å². The van der Waals surface area contributed by atoms with E-state index in [2.05, 4.69) is 5.32 Å². The van der Waals surface area contributed by atoms with Gasteiger partial charge in [-0.3, -0.25) is 4.79 Å². The SMILES string of the molecule is CN(CCC(=O)O)C(=O)NC1CCc2cc(F)ccc21. The zero-order valence-electron chi connectivity index (χ0n) is 11.2. The van der Waals surface area contributed by atoms with Crippen molar-refractivity contribution in [3.8, 4) is 0 Å². The summed E-state index contributed by atoms with van der Waals surface area (Å²) in [6.07, 6.45) is 1.38. The molecule has 2 amide bonds. The minimum absolute atomic E-state index is 0.0869. The Labute approximate surface area is 116 Å². The highest BCUT2D eigenvalue weighted by Crippen LogP contribution is 2.31. The lowest BCUT2D eigenvalue weighted by Gasteiger charge is -2.21. The third kappa shape index (κ3) is 3.26. The van der Waals surface area contributed by atoms with Crippen LogP contribution in [0, 0.1) is 5.82 Å². The van der Waals surface area contributed by atoms with Crippen LogP contribution < -0.4 is 5.32 Å². The van der Waals surface area contributed by atoms with Gasteiger partial charge in [-0.05, 0) is 36.1 Å². The molecule has 0 heterocycles. The van der Waals surface area contributed by atoms with Gasteiger partial charge in [0.25, 0.3) is 0 Å². The Balaban J connectivity index is 1.95. The third-order valence-corrected chi connectivity index (χ3v) is 3.49. The Morgan fingerprint density at radius 1 is 1.50 bits per heavy atom. The summed E-state index contributed by atoms with van der Waals surface area (Å²) >= 11 is 0. The Morgan fingerprint density at radius 2 is 2.25 bits per heavy atom. The van der Waals surface area contributed by atoms with Crippen LogP contribution in [-0.2, 0) is 11.2 Å². The number of nitrogens with one attached hydrogen (secondary N) is 1. The summed E-state index contributed by atoms with van der Waals surface area (Å²) in [5.41, 5.74) is 1.86. The van der Waals surface area contributed by atoms with Crippen molar-refractivity contribution in [2.45, 2.75) is 25.3 Å². The third-order valence-electron chi connectivity index (χ3n) is 3.49. The van der Waals surface area contributed by atoms with Crippen LogP contribution in [-0.4, -0.2) is 35.6 Å². The smallest absolute Gasteiger partial charge is 0.317 e. The van der Waals surface area contributed by atoms with E-state index in [-0.39, 0.29) is 30.9 Å². The number of hydrogen-bond acceptors (Lipinski definition) is 2. The van der Waals surface area contributed by atoms with Crippen LogP contribution in [0.15, 0.2) is 18.2 Å². The second-order valence-electron chi connectivity index (χ2n) is 4.95. The zero-order valence-corrected chi connectivity index (χ0v) is 11.2. The zero-order chi connectivity index (χ0) is 14.7. The number of benzene rings is 1. The number of carboxylic acids is 1. The van der Waals surface area contributed by atoms with Crippen LogP contribution in [0.1, 0.15) is 30.0 Å². The fourth-order valence-corrected chi connectivity index (χ4v) is 2.36. The number of carbonyl (C=O) groups excluding carboxylic acids is 1. The minimum atomic E-state index is -0.939. The molecule has 0 saturated carbocycles. The van der Waals surface area contributed by atoms with Crippen molar-refractivity contribution in [2.75, 3.05) is 13.6 Å². The number of hydrogen-bond donors (Lipinski definition) is 2. The second-order valence-corrected chi connectivity index (χ2v) is 4.95. The van der Waals surface area contributed by atoms with Crippen LogP contribution in [0.3, 0.4) is 0 Å². The molecule has 1 aliphatic carbocycles. The lowest BCUT2D eigenvalue weighted by atomic mass is 10.1. The predicted octanol–water partition coefficient (Wildman–Crippen LogP) is 1.93.